The van der Waals surface area contributed by atoms with Crippen molar-refractivity contribution in [3.8, 4) is 0 Å². The number of carbonyl (C=O) groups is 1. The average Bonchev–Trinajstić information content (AvgIpc) is 2.84. The first-order chi connectivity index (χ1) is 9.49. The van der Waals surface area contributed by atoms with Crippen molar-refractivity contribution in [1.29, 1.82) is 0 Å². The van der Waals surface area contributed by atoms with E-state index in [0.717, 1.165) is 4.83 Å². The molecule has 2 heterocycles. The maximum absolute atomic E-state index is 12.2. The van der Waals surface area contributed by atoms with Crippen molar-refractivity contribution in [2.24, 2.45) is 5.92 Å². The van der Waals surface area contributed by atoms with Gasteiger partial charge in [-0.1, -0.05) is 13.8 Å². The second-order valence-electron chi connectivity index (χ2n) is 5.00. The lowest BCUT2D eigenvalue weighted by molar-refractivity contribution is -0.121. The molecule has 2 aromatic rings. The van der Waals surface area contributed by atoms with Gasteiger partial charge in [-0.05, 0) is 29.6 Å². The van der Waals surface area contributed by atoms with Gasteiger partial charge < -0.3 is 10.3 Å². The summed E-state index contributed by atoms with van der Waals surface area (Å²) < 4.78 is 1.81. The number of nitrogens with one attached hydrogen (secondary N) is 2. The van der Waals surface area contributed by atoms with Crippen molar-refractivity contribution in [3.05, 3.63) is 26.6 Å². The number of aromatic amines is 1. The molecule has 0 aliphatic rings. The van der Waals surface area contributed by atoms with Crippen LogP contribution in [-0.4, -0.2) is 22.0 Å². The van der Waals surface area contributed by atoms with E-state index in [1.165, 1.54) is 15.9 Å². The van der Waals surface area contributed by atoms with Crippen LogP contribution in [0.4, 0.5) is 0 Å². The van der Waals surface area contributed by atoms with Crippen molar-refractivity contribution in [1.82, 2.24) is 14.9 Å². The molecule has 0 saturated carbocycles. The lowest BCUT2D eigenvalue weighted by atomic mass is 10.2. The quantitative estimate of drug-likeness (QED) is 0.833. The summed E-state index contributed by atoms with van der Waals surface area (Å²) in [6.07, 6.45) is 0.250. The lowest BCUT2D eigenvalue weighted by Gasteiger charge is -2.09. The lowest BCUT2D eigenvalue weighted by Crippen LogP contribution is -2.30. The summed E-state index contributed by atoms with van der Waals surface area (Å²) in [4.78, 5) is 27.7. The molecule has 0 aliphatic heterocycles. The van der Waals surface area contributed by atoms with E-state index in [-0.39, 0.29) is 17.9 Å². The van der Waals surface area contributed by atoms with Crippen molar-refractivity contribution in [3.63, 3.8) is 0 Å². The fraction of sp³-hybridized carbons (Fsp3) is 0.462. The molecule has 0 unspecified atom stereocenters. The van der Waals surface area contributed by atoms with E-state index in [0.29, 0.717) is 29.2 Å². The van der Waals surface area contributed by atoms with Gasteiger partial charge in [0.2, 0.25) is 5.91 Å². The molecule has 2 aromatic heterocycles. The molecule has 0 atom stereocenters. The number of amides is 1. The smallest absolute Gasteiger partial charge is 0.263 e. The molecule has 0 aromatic carbocycles. The minimum absolute atomic E-state index is 0.0644. The Morgan fingerprint density at radius 2 is 2.30 bits per heavy atom. The molecule has 0 saturated heterocycles. The fourth-order valence-corrected chi connectivity index (χ4v) is 2.92. The third-order valence-electron chi connectivity index (χ3n) is 2.88. The summed E-state index contributed by atoms with van der Waals surface area (Å²) in [7, 11) is 0. The van der Waals surface area contributed by atoms with Crippen LogP contribution < -0.4 is 10.9 Å². The molecular weight excluding hydrogens is 294 g/mol. The second-order valence-corrected chi connectivity index (χ2v) is 6.30. The number of H-pyrrole nitrogens is 1. The van der Waals surface area contributed by atoms with E-state index in [1.807, 2.05) is 19.2 Å². The van der Waals surface area contributed by atoms with Crippen LogP contribution in [0.3, 0.4) is 0 Å². The third kappa shape index (κ3) is 3.34. The highest BCUT2D eigenvalue weighted by Crippen LogP contribution is 2.14. The van der Waals surface area contributed by atoms with Crippen LogP contribution in [0, 0.1) is 10.7 Å². The van der Waals surface area contributed by atoms with Crippen molar-refractivity contribution < 1.29 is 4.79 Å². The molecule has 2 rings (SSSR count). The predicted molar refractivity (Wildman–Crippen MR) is 83.7 cm³/mol. The van der Waals surface area contributed by atoms with Crippen LogP contribution in [-0.2, 0) is 11.3 Å². The van der Waals surface area contributed by atoms with E-state index in [2.05, 4.69) is 10.3 Å². The molecule has 1 amide bonds. The van der Waals surface area contributed by atoms with Gasteiger partial charge in [0.05, 0.1) is 5.39 Å². The average molecular weight is 311 g/mol. The van der Waals surface area contributed by atoms with Crippen LogP contribution in [0.5, 0.6) is 0 Å². The highest BCUT2D eigenvalue weighted by Gasteiger charge is 2.08. The normalized spacial score (nSPS) is 11.2. The summed E-state index contributed by atoms with van der Waals surface area (Å²) in [5.41, 5.74) is -0.137. The standard InChI is InChI=1S/C13H17N3O2S2/c1-8(2)7-14-10(17)3-5-16-12(18)9-4-6-20-11(9)15-13(16)19/h4,6,8H,3,5,7H2,1-2H3,(H,14,17)(H,15,19). The minimum atomic E-state index is -0.137. The van der Waals surface area contributed by atoms with E-state index >= 15 is 0 Å². The number of hydrogen-bond acceptors (Lipinski definition) is 4. The Morgan fingerprint density at radius 3 is 3.00 bits per heavy atom. The number of rotatable bonds is 5. The van der Waals surface area contributed by atoms with Gasteiger partial charge >= 0.3 is 0 Å². The maximum Gasteiger partial charge on any atom is 0.263 e. The van der Waals surface area contributed by atoms with Crippen LogP contribution in [0.25, 0.3) is 10.2 Å². The van der Waals surface area contributed by atoms with Gasteiger partial charge in [0.1, 0.15) is 4.83 Å². The monoisotopic (exact) mass is 311 g/mol. The number of carbonyl (C=O) groups excluding carboxylic acids is 1. The van der Waals surface area contributed by atoms with Gasteiger partial charge in [-0.25, -0.2) is 0 Å². The summed E-state index contributed by atoms with van der Waals surface area (Å²) >= 11 is 6.62. The van der Waals surface area contributed by atoms with Crippen molar-refractivity contribution in [2.75, 3.05) is 6.54 Å². The molecule has 7 heteroatoms. The first-order valence-corrected chi connectivity index (χ1v) is 7.75. The second kappa shape index (κ2) is 6.32. The Kier molecular flexibility index (Phi) is 4.72. The summed E-state index contributed by atoms with van der Waals surface area (Å²) in [5.74, 6) is 0.345. The summed E-state index contributed by atoms with van der Waals surface area (Å²) in [6.45, 7) is 5.01. The molecule has 0 radical (unpaired) electrons. The van der Waals surface area contributed by atoms with Crippen LogP contribution >= 0.6 is 23.6 Å². The number of thiophene rings is 1. The van der Waals surface area contributed by atoms with E-state index in [4.69, 9.17) is 12.2 Å². The first kappa shape index (κ1) is 14.9. The van der Waals surface area contributed by atoms with Gasteiger partial charge in [-0.2, -0.15) is 0 Å². The zero-order valence-electron chi connectivity index (χ0n) is 11.4. The highest BCUT2D eigenvalue weighted by molar-refractivity contribution is 7.71. The molecule has 0 fully saturated rings. The number of fused-ring (bicyclic) bond motifs is 1. The number of aromatic nitrogens is 2. The van der Waals surface area contributed by atoms with Gasteiger partial charge in [0, 0.05) is 19.5 Å². The molecule has 5 nitrogen and oxygen atoms in total. The maximum atomic E-state index is 12.2. The molecule has 2 N–H and O–H groups in total. The minimum Gasteiger partial charge on any atom is -0.356 e. The van der Waals surface area contributed by atoms with Gasteiger partial charge in [0.15, 0.2) is 4.77 Å². The van der Waals surface area contributed by atoms with Crippen LogP contribution in [0.2, 0.25) is 0 Å². The van der Waals surface area contributed by atoms with Crippen LogP contribution in [0.1, 0.15) is 20.3 Å². The fourth-order valence-electron chi connectivity index (χ4n) is 1.80. The zero-order chi connectivity index (χ0) is 14.7. The van der Waals surface area contributed by atoms with Crippen molar-refractivity contribution in [2.45, 2.75) is 26.8 Å². The molecule has 108 valence electrons. The highest BCUT2D eigenvalue weighted by atomic mass is 32.1. The molecule has 20 heavy (non-hydrogen) atoms. The van der Waals surface area contributed by atoms with E-state index in [9.17, 15) is 9.59 Å². The third-order valence-corrected chi connectivity index (χ3v) is 4.03. The molecular formula is C13H17N3O2S2. The van der Waals surface area contributed by atoms with E-state index in [1.54, 1.807) is 6.07 Å². The molecule has 0 bridgehead atoms. The van der Waals surface area contributed by atoms with Crippen LogP contribution in [0.15, 0.2) is 16.2 Å². The van der Waals surface area contributed by atoms with Gasteiger partial charge in [-0.15, -0.1) is 11.3 Å². The SMILES string of the molecule is CC(C)CNC(=O)CCn1c(=S)[nH]c2sccc2c1=O. The van der Waals surface area contributed by atoms with E-state index < -0.39 is 0 Å². The van der Waals surface area contributed by atoms with Crippen molar-refractivity contribution >= 4 is 39.7 Å². The summed E-state index contributed by atoms with van der Waals surface area (Å²) in [5, 5.41) is 5.29. The zero-order valence-corrected chi connectivity index (χ0v) is 13.1. The predicted octanol–water partition coefficient (Wildman–Crippen LogP) is 2.28. The summed E-state index contributed by atoms with van der Waals surface area (Å²) in [6, 6.07) is 1.77. The van der Waals surface area contributed by atoms with Gasteiger partial charge in [-0.3, -0.25) is 14.2 Å². The van der Waals surface area contributed by atoms with Gasteiger partial charge in [0.25, 0.3) is 5.56 Å². The Labute approximate surface area is 125 Å². The Morgan fingerprint density at radius 1 is 1.55 bits per heavy atom. The molecule has 0 aliphatic carbocycles. The number of hydrogen-bond donors (Lipinski definition) is 2. The first-order valence-electron chi connectivity index (χ1n) is 6.46. The number of nitrogens with zero attached hydrogens (tertiary/aromatic N) is 1. The Bertz CT molecular complexity index is 727. The Balaban J connectivity index is 2.12. The largest absolute Gasteiger partial charge is 0.356 e. The topological polar surface area (TPSA) is 66.9 Å². The Hall–Kier alpha value is -1.47. The molecule has 0 spiro atoms.